The van der Waals surface area contributed by atoms with E-state index in [0.717, 1.165) is 24.3 Å². The van der Waals surface area contributed by atoms with Gasteiger partial charge in [0.1, 0.15) is 5.75 Å². The molecule has 0 aliphatic rings. The molecule has 0 atom stereocenters. The number of benzene rings is 2. The Hall–Kier alpha value is -3.31. The fourth-order valence-electron chi connectivity index (χ4n) is 2.11. The maximum atomic E-state index is 14.3. The van der Waals surface area contributed by atoms with Crippen LogP contribution in [-0.4, -0.2) is 20.3 Å². The van der Waals surface area contributed by atoms with Gasteiger partial charge in [0.05, 0.1) is 4.90 Å². The van der Waals surface area contributed by atoms with Crippen molar-refractivity contribution in [2.75, 3.05) is 0 Å². The zero-order valence-electron chi connectivity index (χ0n) is 14.5. The molecule has 0 saturated carbocycles. The first-order valence-corrected chi connectivity index (χ1v) is 9.15. The van der Waals surface area contributed by atoms with Gasteiger partial charge in [-0.15, -0.1) is 0 Å². The third-order valence-corrected chi connectivity index (χ3v) is 4.31. The van der Waals surface area contributed by atoms with E-state index in [1.54, 1.807) is 0 Å². The molecule has 28 heavy (non-hydrogen) atoms. The molecule has 0 aliphatic carbocycles. The topological polar surface area (TPSA) is 148 Å². The van der Waals surface area contributed by atoms with Crippen LogP contribution in [0.2, 0.25) is 0 Å². The van der Waals surface area contributed by atoms with Crippen molar-refractivity contribution in [1.82, 2.24) is 5.32 Å². The Morgan fingerprint density at radius 1 is 1.18 bits per heavy atom. The summed E-state index contributed by atoms with van der Waals surface area (Å²) >= 11 is 0. The molecule has 0 aromatic heterocycles. The van der Waals surface area contributed by atoms with Gasteiger partial charge in [-0.25, -0.2) is 22.3 Å². The summed E-state index contributed by atoms with van der Waals surface area (Å²) in [6.45, 7) is 1.38. The minimum absolute atomic E-state index is 0.00879. The summed E-state index contributed by atoms with van der Waals surface area (Å²) in [6, 6.07) is 6.55. The second kappa shape index (κ2) is 8.15. The van der Waals surface area contributed by atoms with Crippen LogP contribution < -0.4 is 20.9 Å². The average Bonchev–Trinajstić information content (AvgIpc) is 2.57. The van der Waals surface area contributed by atoms with Gasteiger partial charge in [0.2, 0.25) is 10.0 Å². The Kier molecular flexibility index (Phi) is 6.11. The van der Waals surface area contributed by atoms with E-state index >= 15 is 0 Å². The van der Waals surface area contributed by atoms with Crippen molar-refractivity contribution in [3.8, 4) is 11.5 Å². The molecule has 11 heteroatoms. The number of carbonyl (C=O) groups excluding carboxylic acids is 1. The highest BCUT2D eigenvalue weighted by molar-refractivity contribution is 7.89. The average molecular weight is 410 g/mol. The van der Waals surface area contributed by atoms with E-state index in [0.29, 0.717) is 0 Å². The van der Waals surface area contributed by atoms with E-state index in [1.165, 1.54) is 25.1 Å². The monoisotopic (exact) mass is 410 g/mol. The minimum atomic E-state index is -3.90. The van der Waals surface area contributed by atoms with Gasteiger partial charge in [-0.2, -0.15) is 0 Å². The van der Waals surface area contributed by atoms with Crippen molar-refractivity contribution >= 4 is 28.0 Å². The number of guanidine groups is 1. The quantitative estimate of drug-likeness (QED) is 0.337. The molecule has 148 valence electrons. The molecule has 0 fully saturated rings. The second-order valence-corrected chi connectivity index (χ2v) is 7.19. The summed E-state index contributed by atoms with van der Waals surface area (Å²) in [7, 11) is -3.90. The van der Waals surface area contributed by atoms with Crippen LogP contribution in [0, 0.1) is 17.0 Å². The van der Waals surface area contributed by atoms with Gasteiger partial charge in [-0.05, 0) is 55.0 Å². The smallest absolute Gasteiger partial charge is 0.253 e. The molecule has 0 radical (unpaired) electrons. The van der Waals surface area contributed by atoms with Gasteiger partial charge in [0.25, 0.3) is 5.91 Å². The summed E-state index contributed by atoms with van der Waals surface area (Å²) < 4.78 is 56.1. The van der Waals surface area contributed by atoms with Crippen molar-refractivity contribution in [3.63, 3.8) is 0 Å². The molecule has 8 nitrogen and oxygen atoms in total. The Morgan fingerprint density at radius 2 is 1.71 bits per heavy atom. The molecule has 0 unspecified atom stereocenters. The van der Waals surface area contributed by atoms with E-state index in [-0.39, 0.29) is 21.8 Å². The van der Waals surface area contributed by atoms with Crippen molar-refractivity contribution in [2.24, 2.45) is 10.9 Å². The first-order valence-electron chi connectivity index (χ1n) is 7.61. The third-order valence-electron chi connectivity index (χ3n) is 3.38. The number of rotatable bonds is 5. The predicted octanol–water partition coefficient (Wildman–Crippen LogP) is 1.82. The third kappa shape index (κ3) is 5.34. The van der Waals surface area contributed by atoms with Crippen LogP contribution in [0.5, 0.6) is 11.5 Å². The zero-order valence-corrected chi connectivity index (χ0v) is 15.3. The normalized spacial score (nSPS) is 11.8. The number of hydrogen-bond donors (Lipinski definition) is 4. The number of halogens is 2. The van der Waals surface area contributed by atoms with Crippen LogP contribution in [0.15, 0.2) is 46.9 Å². The van der Waals surface area contributed by atoms with Gasteiger partial charge in [-0.3, -0.25) is 15.5 Å². The highest BCUT2D eigenvalue weighted by atomic mass is 32.2. The predicted molar refractivity (Wildman–Crippen MR) is 98.0 cm³/mol. The van der Waals surface area contributed by atoms with Crippen LogP contribution in [0.4, 0.5) is 8.78 Å². The largest absolute Gasteiger partial charge is 0.451 e. The molecule has 0 heterocycles. The lowest BCUT2D eigenvalue weighted by molar-refractivity contribution is -0.116. The Bertz CT molecular complexity index is 1040. The van der Waals surface area contributed by atoms with Gasteiger partial charge < -0.3 is 10.5 Å². The molecule has 0 aliphatic heterocycles. The molecule has 0 saturated heterocycles. The first kappa shape index (κ1) is 21.0. The lowest BCUT2D eigenvalue weighted by Gasteiger charge is -2.10. The standard InChI is InChI=1S/C17H16F2N4O4S/c1-9(16(24)23-17(20)21)6-10-7-13(18)15(14(19)8-10)27-11-2-4-12(5-3-11)28(22,25)26/h2-8H,1H3,(H2,22,25,26)(H4,20,21,23,24). The summed E-state index contributed by atoms with van der Waals surface area (Å²) in [5, 5.41) is 14.0. The molecule has 0 spiro atoms. The number of nitrogens with one attached hydrogen (secondary N) is 2. The molecular formula is C17H16F2N4O4S. The highest BCUT2D eigenvalue weighted by Crippen LogP contribution is 2.29. The molecule has 2 rings (SSSR count). The van der Waals surface area contributed by atoms with Crippen LogP contribution in [0.1, 0.15) is 12.5 Å². The van der Waals surface area contributed by atoms with Crippen molar-refractivity contribution in [3.05, 3.63) is 59.2 Å². The van der Waals surface area contributed by atoms with Gasteiger partial charge >= 0.3 is 0 Å². The lowest BCUT2D eigenvalue weighted by atomic mass is 10.1. The Balaban J connectivity index is 2.27. The number of amides is 1. The fraction of sp³-hybridized carbons (Fsp3) is 0.0588. The zero-order chi connectivity index (χ0) is 21.1. The maximum absolute atomic E-state index is 14.3. The SMILES string of the molecule is CC(=Cc1cc(F)c(Oc2ccc(S(N)(=O)=O)cc2)c(F)c1)C(=O)NC(=N)N. The molecule has 1 amide bonds. The minimum Gasteiger partial charge on any atom is -0.451 e. The number of ether oxygens (including phenoxy) is 1. The second-order valence-electron chi connectivity index (χ2n) is 5.63. The van der Waals surface area contributed by atoms with Crippen LogP contribution in [-0.2, 0) is 14.8 Å². The summed E-state index contributed by atoms with van der Waals surface area (Å²) in [6.07, 6.45) is 1.20. The van der Waals surface area contributed by atoms with E-state index < -0.39 is 39.3 Å². The maximum Gasteiger partial charge on any atom is 0.253 e. The highest BCUT2D eigenvalue weighted by Gasteiger charge is 2.15. The number of primary sulfonamides is 1. The Morgan fingerprint density at radius 3 is 2.18 bits per heavy atom. The molecular weight excluding hydrogens is 394 g/mol. The van der Waals surface area contributed by atoms with E-state index in [4.69, 9.17) is 21.0 Å². The number of carbonyl (C=O) groups is 1. The molecule has 6 N–H and O–H groups in total. The number of hydrogen-bond acceptors (Lipinski definition) is 5. The summed E-state index contributed by atoms with van der Waals surface area (Å²) in [5.74, 6) is -4.05. The van der Waals surface area contributed by atoms with Gasteiger partial charge in [0.15, 0.2) is 23.3 Å². The lowest BCUT2D eigenvalue weighted by Crippen LogP contribution is -2.36. The van der Waals surface area contributed by atoms with Crippen molar-refractivity contribution < 1.29 is 26.7 Å². The van der Waals surface area contributed by atoms with E-state index in [1.807, 2.05) is 5.32 Å². The number of sulfonamides is 1. The molecule has 0 bridgehead atoms. The summed E-state index contributed by atoms with van der Waals surface area (Å²) in [4.78, 5) is 11.5. The van der Waals surface area contributed by atoms with Crippen molar-refractivity contribution in [1.29, 1.82) is 5.41 Å². The van der Waals surface area contributed by atoms with Crippen LogP contribution in [0.3, 0.4) is 0 Å². The Labute approximate surface area is 159 Å². The van der Waals surface area contributed by atoms with Crippen LogP contribution in [0.25, 0.3) is 6.08 Å². The molecule has 2 aromatic carbocycles. The van der Waals surface area contributed by atoms with E-state index in [2.05, 4.69) is 0 Å². The number of nitrogens with two attached hydrogens (primary N) is 2. The van der Waals surface area contributed by atoms with E-state index in [9.17, 15) is 22.0 Å². The first-order chi connectivity index (χ1) is 13.0. The van der Waals surface area contributed by atoms with Gasteiger partial charge in [0, 0.05) is 5.57 Å². The van der Waals surface area contributed by atoms with Gasteiger partial charge in [-0.1, -0.05) is 0 Å². The van der Waals surface area contributed by atoms with Crippen LogP contribution >= 0.6 is 0 Å². The van der Waals surface area contributed by atoms with Crippen molar-refractivity contribution in [2.45, 2.75) is 11.8 Å². The summed E-state index contributed by atoms with van der Waals surface area (Å²) in [5.41, 5.74) is 5.16. The fourth-order valence-corrected chi connectivity index (χ4v) is 2.63. The molecule has 2 aromatic rings.